The van der Waals surface area contributed by atoms with Crippen LogP contribution in [0.25, 0.3) is 27.8 Å². The van der Waals surface area contributed by atoms with Crippen LogP contribution < -0.4 is 4.90 Å². The van der Waals surface area contributed by atoms with Gasteiger partial charge in [0.05, 0.1) is 30.6 Å². The Balaban J connectivity index is 1.36. The van der Waals surface area contributed by atoms with E-state index in [0.29, 0.717) is 5.92 Å². The minimum Gasteiger partial charge on any atom is -0.381 e. The van der Waals surface area contributed by atoms with E-state index in [-0.39, 0.29) is 0 Å². The molecule has 0 aliphatic carbocycles. The lowest BCUT2D eigenvalue weighted by atomic mass is 9.86. The summed E-state index contributed by atoms with van der Waals surface area (Å²) in [6.45, 7) is 13.0. The number of aromatic amines is 1. The average molecular weight is 459 g/mol. The van der Waals surface area contributed by atoms with Crippen LogP contribution in [0.4, 0.5) is 5.82 Å². The molecule has 0 saturated carbocycles. The third kappa shape index (κ3) is 3.57. The number of nitrogens with zero attached hydrogens (tertiary/aromatic N) is 5. The standard InChI is InChI=1S/C27H34N6O/c1-16(2)23-24-18(4)27(32-7-5-19(6-8-32)10-20-13-34-14-20)28-11-22(24)31-25(23)21-9-17(3)26-29-15-30-33(26)12-21/h9,11-12,15-16,19-20,31H,5-8,10,13-14H2,1-4H3. The van der Waals surface area contributed by atoms with Crippen molar-refractivity contribution in [2.45, 2.75) is 52.9 Å². The number of aryl methyl sites for hydroxylation is 2. The minimum atomic E-state index is 0.375. The van der Waals surface area contributed by atoms with Gasteiger partial charge in [-0.05, 0) is 62.1 Å². The monoisotopic (exact) mass is 458 g/mol. The zero-order chi connectivity index (χ0) is 23.4. The lowest BCUT2D eigenvalue weighted by Gasteiger charge is -2.36. The lowest BCUT2D eigenvalue weighted by molar-refractivity contribution is -0.0438. The number of ether oxygens (including phenoxy) is 1. The van der Waals surface area contributed by atoms with E-state index >= 15 is 0 Å². The molecule has 2 saturated heterocycles. The predicted octanol–water partition coefficient (Wildman–Crippen LogP) is 5.27. The molecular formula is C27H34N6O. The van der Waals surface area contributed by atoms with Gasteiger partial charge in [0.2, 0.25) is 0 Å². The van der Waals surface area contributed by atoms with Crippen LogP contribution in [0.15, 0.2) is 24.8 Å². The number of anilines is 1. The molecule has 1 N–H and O–H groups in total. The molecule has 4 aromatic rings. The first-order valence-electron chi connectivity index (χ1n) is 12.6. The third-order valence-electron chi connectivity index (χ3n) is 7.81. The van der Waals surface area contributed by atoms with Crippen LogP contribution in [0.2, 0.25) is 0 Å². The van der Waals surface area contributed by atoms with Crippen molar-refractivity contribution in [1.82, 2.24) is 24.6 Å². The molecule has 0 aromatic carbocycles. The highest BCUT2D eigenvalue weighted by Gasteiger charge is 2.28. The molecule has 7 nitrogen and oxygen atoms in total. The molecular weight excluding hydrogens is 424 g/mol. The quantitative estimate of drug-likeness (QED) is 0.441. The van der Waals surface area contributed by atoms with E-state index in [0.717, 1.165) is 71.9 Å². The molecule has 6 heterocycles. The number of fused-ring (bicyclic) bond motifs is 2. The Bertz CT molecular complexity index is 1340. The van der Waals surface area contributed by atoms with Gasteiger partial charge in [0.1, 0.15) is 12.1 Å². The van der Waals surface area contributed by atoms with Crippen molar-refractivity contribution < 1.29 is 4.74 Å². The Kier molecular flexibility index (Phi) is 5.32. The van der Waals surface area contributed by atoms with Crippen LogP contribution >= 0.6 is 0 Å². The second-order valence-electron chi connectivity index (χ2n) is 10.6. The highest BCUT2D eigenvalue weighted by Crippen LogP contribution is 2.40. The van der Waals surface area contributed by atoms with E-state index < -0.39 is 0 Å². The molecule has 2 aliphatic rings. The summed E-state index contributed by atoms with van der Waals surface area (Å²) in [7, 11) is 0. The van der Waals surface area contributed by atoms with Crippen LogP contribution in [0.5, 0.6) is 0 Å². The van der Waals surface area contributed by atoms with Crippen molar-refractivity contribution in [1.29, 1.82) is 0 Å². The third-order valence-corrected chi connectivity index (χ3v) is 7.81. The summed E-state index contributed by atoms with van der Waals surface area (Å²) < 4.78 is 7.25. The molecule has 7 heteroatoms. The Morgan fingerprint density at radius 2 is 1.91 bits per heavy atom. The number of H-pyrrole nitrogens is 1. The molecule has 0 spiro atoms. The van der Waals surface area contributed by atoms with E-state index in [1.165, 1.54) is 35.8 Å². The fourth-order valence-electron chi connectivity index (χ4n) is 6.00. The van der Waals surface area contributed by atoms with Gasteiger partial charge in [-0.2, -0.15) is 5.10 Å². The van der Waals surface area contributed by atoms with E-state index in [1.807, 2.05) is 10.7 Å². The van der Waals surface area contributed by atoms with Crippen LogP contribution in [0.1, 0.15) is 55.7 Å². The van der Waals surface area contributed by atoms with Gasteiger partial charge >= 0.3 is 0 Å². The Morgan fingerprint density at radius 3 is 2.62 bits per heavy atom. The summed E-state index contributed by atoms with van der Waals surface area (Å²) in [5.74, 6) is 3.14. The molecule has 0 amide bonds. The summed E-state index contributed by atoms with van der Waals surface area (Å²) in [6.07, 6.45) is 9.56. The fraction of sp³-hybridized carbons (Fsp3) is 0.519. The Hall–Kier alpha value is -2.93. The molecule has 0 radical (unpaired) electrons. The SMILES string of the molecule is Cc1c(N2CCC(CC3COC3)CC2)ncc2[nH]c(-c3cc(C)c4ncnn4c3)c(C(C)C)c12. The summed E-state index contributed by atoms with van der Waals surface area (Å²) in [4.78, 5) is 15.5. The van der Waals surface area contributed by atoms with Gasteiger partial charge in [-0.3, -0.25) is 0 Å². The first kappa shape index (κ1) is 21.6. The maximum atomic E-state index is 5.38. The van der Waals surface area contributed by atoms with Gasteiger partial charge in [-0.15, -0.1) is 0 Å². The second kappa shape index (κ2) is 8.38. The van der Waals surface area contributed by atoms with Gasteiger partial charge in [-0.25, -0.2) is 14.5 Å². The summed E-state index contributed by atoms with van der Waals surface area (Å²) in [5.41, 5.74) is 8.07. The summed E-state index contributed by atoms with van der Waals surface area (Å²) in [5, 5.41) is 5.71. The lowest BCUT2D eigenvalue weighted by Crippen LogP contribution is -2.37. The highest BCUT2D eigenvalue weighted by molar-refractivity contribution is 5.95. The van der Waals surface area contributed by atoms with Gasteiger partial charge in [0.15, 0.2) is 5.65 Å². The molecule has 0 unspecified atom stereocenters. The molecule has 0 atom stereocenters. The zero-order valence-electron chi connectivity index (χ0n) is 20.6. The number of nitrogens with one attached hydrogen (secondary N) is 1. The van der Waals surface area contributed by atoms with Crippen molar-refractivity contribution in [2.75, 3.05) is 31.2 Å². The van der Waals surface area contributed by atoms with E-state index in [2.05, 4.69) is 59.9 Å². The molecule has 4 aromatic heterocycles. The zero-order valence-corrected chi connectivity index (χ0v) is 20.6. The van der Waals surface area contributed by atoms with Crippen LogP contribution in [0.3, 0.4) is 0 Å². The maximum absolute atomic E-state index is 5.38. The van der Waals surface area contributed by atoms with Crippen molar-refractivity contribution in [3.8, 4) is 11.3 Å². The normalized spacial score (nSPS) is 17.9. The number of rotatable bonds is 5. The van der Waals surface area contributed by atoms with Crippen molar-refractivity contribution >= 4 is 22.4 Å². The predicted molar refractivity (Wildman–Crippen MR) is 136 cm³/mol. The van der Waals surface area contributed by atoms with Crippen molar-refractivity contribution in [3.05, 3.63) is 41.5 Å². The summed E-state index contributed by atoms with van der Waals surface area (Å²) >= 11 is 0. The fourth-order valence-corrected chi connectivity index (χ4v) is 6.00. The molecule has 2 aliphatic heterocycles. The molecule has 178 valence electrons. The van der Waals surface area contributed by atoms with Crippen LogP contribution in [-0.4, -0.2) is 50.9 Å². The Labute approximate surface area is 200 Å². The van der Waals surface area contributed by atoms with Crippen LogP contribution in [0, 0.1) is 25.7 Å². The smallest absolute Gasteiger partial charge is 0.158 e. The topological polar surface area (TPSA) is 71.3 Å². The first-order valence-corrected chi connectivity index (χ1v) is 12.6. The largest absolute Gasteiger partial charge is 0.381 e. The van der Waals surface area contributed by atoms with Crippen molar-refractivity contribution in [2.24, 2.45) is 11.8 Å². The minimum absolute atomic E-state index is 0.375. The van der Waals surface area contributed by atoms with Crippen molar-refractivity contribution in [3.63, 3.8) is 0 Å². The van der Waals surface area contributed by atoms with Crippen LogP contribution in [-0.2, 0) is 4.74 Å². The van der Waals surface area contributed by atoms with Gasteiger partial charge in [0, 0.05) is 41.7 Å². The maximum Gasteiger partial charge on any atom is 0.158 e. The number of piperidine rings is 1. The first-order chi connectivity index (χ1) is 16.5. The van der Waals surface area contributed by atoms with Gasteiger partial charge in [0.25, 0.3) is 0 Å². The average Bonchev–Trinajstić information content (AvgIpc) is 3.42. The van der Waals surface area contributed by atoms with E-state index in [9.17, 15) is 0 Å². The van der Waals surface area contributed by atoms with E-state index in [1.54, 1.807) is 6.33 Å². The number of pyridine rings is 2. The highest BCUT2D eigenvalue weighted by atomic mass is 16.5. The number of aromatic nitrogens is 5. The molecule has 6 rings (SSSR count). The second-order valence-corrected chi connectivity index (χ2v) is 10.6. The van der Waals surface area contributed by atoms with Gasteiger partial charge < -0.3 is 14.6 Å². The summed E-state index contributed by atoms with van der Waals surface area (Å²) in [6, 6.07) is 2.21. The molecule has 0 bridgehead atoms. The molecule has 34 heavy (non-hydrogen) atoms. The number of hydrogen-bond acceptors (Lipinski definition) is 5. The van der Waals surface area contributed by atoms with E-state index in [4.69, 9.17) is 9.72 Å². The number of hydrogen-bond donors (Lipinski definition) is 1. The molecule has 2 fully saturated rings. The Morgan fingerprint density at radius 1 is 1.12 bits per heavy atom. The van der Waals surface area contributed by atoms with Gasteiger partial charge in [-0.1, -0.05) is 13.8 Å².